The Morgan fingerprint density at radius 2 is 2.25 bits per heavy atom. The van der Waals surface area contributed by atoms with Crippen molar-refractivity contribution in [2.75, 3.05) is 0 Å². The van der Waals surface area contributed by atoms with Crippen LogP contribution in [0, 0.1) is 5.92 Å². The van der Waals surface area contributed by atoms with Gasteiger partial charge in [0.25, 0.3) is 0 Å². The van der Waals surface area contributed by atoms with Crippen LogP contribution in [-0.4, -0.2) is 11.5 Å². The van der Waals surface area contributed by atoms with Crippen LogP contribution in [0.3, 0.4) is 0 Å². The van der Waals surface area contributed by atoms with Crippen molar-refractivity contribution < 1.29 is 9.53 Å². The van der Waals surface area contributed by atoms with Gasteiger partial charge in [-0.25, -0.2) is 0 Å². The number of carbonyl (C=O) groups excluding carboxylic acids is 1. The van der Waals surface area contributed by atoms with Gasteiger partial charge in [-0.15, -0.1) is 6.58 Å². The molecule has 0 bridgehead atoms. The number of benzene rings is 1. The Bertz CT molecular complexity index is 402. The van der Waals surface area contributed by atoms with Crippen molar-refractivity contribution in [2.24, 2.45) is 11.7 Å². The zero-order chi connectivity index (χ0) is 11.6. The van der Waals surface area contributed by atoms with E-state index in [1.165, 1.54) is 0 Å². The highest BCUT2D eigenvalue weighted by Gasteiger charge is 2.56. The number of rotatable bonds is 4. The summed E-state index contributed by atoms with van der Waals surface area (Å²) < 4.78 is 5.18. The van der Waals surface area contributed by atoms with Gasteiger partial charge in [0, 0.05) is 5.92 Å². The van der Waals surface area contributed by atoms with Crippen molar-refractivity contribution in [3.8, 4) is 0 Å². The smallest absolute Gasteiger partial charge is 0.327 e. The largest absolute Gasteiger partial charge is 0.459 e. The summed E-state index contributed by atoms with van der Waals surface area (Å²) in [5.41, 5.74) is 6.01. The zero-order valence-corrected chi connectivity index (χ0v) is 9.06. The van der Waals surface area contributed by atoms with E-state index in [9.17, 15) is 4.79 Å². The van der Waals surface area contributed by atoms with Crippen molar-refractivity contribution in [1.29, 1.82) is 0 Å². The van der Waals surface area contributed by atoms with Gasteiger partial charge in [0.15, 0.2) is 0 Å². The third-order valence-corrected chi connectivity index (χ3v) is 2.94. The lowest BCUT2D eigenvalue weighted by Gasteiger charge is -2.10. The van der Waals surface area contributed by atoms with Crippen LogP contribution in [-0.2, 0) is 16.1 Å². The molecule has 2 rings (SSSR count). The molecule has 0 amide bonds. The molecule has 3 nitrogen and oxygen atoms in total. The summed E-state index contributed by atoms with van der Waals surface area (Å²) in [5.74, 6) is -0.267. The van der Waals surface area contributed by atoms with Crippen molar-refractivity contribution in [2.45, 2.75) is 18.6 Å². The van der Waals surface area contributed by atoms with Crippen LogP contribution < -0.4 is 5.73 Å². The van der Waals surface area contributed by atoms with Gasteiger partial charge in [-0.3, -0.25) is 4.79 Å². The van der Waals surface area contributed by atoms with Crippen LogP contribution in [0.5, 0.6) is 0 Å². The Labute approximate surface area is 94.9 Å². The minimum atomic E-state index is -0.823. The molecule has 16 heavy (non-hydrogen) atoms. The first-order valence-corrected chi connectivity index (χ1v) is 5.29. The summed E-state index contributed by atoms with van der Waals surface area (Å²) in [6, 6.07) is 9.56. The number of carbonyl (C=O) groups is 1. The lowest BCUT2D eigenvalue weighted by Crippen LogP contribution is -2.36. The highest BCUT2D eigenvalue weighted by Crippen LogP contribution is 2.42. The first kappa shape index (κ1) is 10.9. The summed E-state index contributed by atoms with van der Waals surface area (Å²) in [6.07, 6.45) is 2.36. The monoisotopic (exact) mass is 217 g/mol. The fourth-order valence-electron chi connectivity index (χ4n) is 1.69. The molecule has 3 heteroatoms. The molecule has 0 aliphatic heterocycles. The molecule has 0 unspecified atom stereocenters. The van der Waals surface area contributed by atoms with E-state index in [1.807, 2.05) is 30.3 Å². The number of hydrogen-bond acceptors (Lipinski definition) is 3. The van der Waals surface area contributed by atoms with E-state index in [0.29, 0.717) is 6.42 Å². The van der Waals surface area contributed by atoms with Crippen LogP contribution >= 0.6 is 0 Å². The van der Waals surface area contributed by atoms with Crippen molar-refractivity contribution in [1.82, 2.24) is 0 Å². The standard InChI is InChI=1S/C13H15NO2/c1-2-11-8-13(11,14)12(15)16-9-10-6-4-3-5-7-10/h2-7,11H,1,8-9,14H2/t11-,13-/m0/s1. The van der Waals surface area contributed by atoms with Gasteiger partial charge in [0.05, 0.1) is 0 Å². The first-order valence-electron chi connectivity index (χ1n) is 5.29. The Kier molecular flexibility index (Phi) is 2.79. The highest BCUT2D eigenvalue weighted by molar-refractivity contribution is 5.85. The molecule has 1 aromatic carbocycles. The summed E-state index contributed by atoms with van der Waals surface area (Å²) in [5, 5.41) is 0. The average molecular weight is 217 g/mol. The lowest BCUT2D eigenvalue weighted by molar-refractivity contribution is -0.148. The molecule has 0 heterocycles. The maximum Gasteiger partial charge on any atom is 0.327 e. The molecule has 1 aromatic rings. The number of esters is 1. The van der Waals surface area contributed by atoms with Crippen molar-refractivity contribution in [3.63, 3.8) is 0 Å². The molecule has 0 aromatic heterocycles. The van der Waals surface area contributed by atoms with E-state index in [2.05, 4.69) is 6.58 Å². The Balaban J connectivity index is 1.88. The van der Waals surface area contributed by atoms with Crippen molar-refractivity contribution >= 4 is 5.97 Å². The molecule has 0 radical (unpaired) electrons. The van der Waals surface area contributed by atoms with Gasteiger partial charge in [-0.1, -0.05) is 36.4 Å². The second-order valence-electron chi connectivity index (χ2n) is 4.15. The number of hydrogen-bond donors (Lipinski definition) is 1. The average Bonchev–Trinajstić information content (AvgIpc) is 3.00. The van der Waals surface area contributed by atoms with E-state index in [-0.39, 0.29) is 18.5 Å². The van der Waals surface area contributed by atoms with Crippen molar-refractivity contribution in [3.05, 3.63) is 48.6 Å². The van der Waals surface area contributed by atoms with Gasteiger partial charge in [-0.2, -0.15) is 0 Å². The second kappa shape index (κ2) is 4.10. The van der Waals surface area contributed by atoms with Crippen LogP contribution in [0.4, 0.5) is 0 Å². The molecule has 84 valence electrons. The van der Waals surface area contributed by atoms with Gasteiger partial charge >= 0.3 is 5.97 Å². The Hall–Kier alpha value is -1.61. The maximum absolute atomic E-state index is 11.7. The molecule has 1 fully saturated rings. The molecule has 0 spiro atoms. The summed E-state index contributed by atoms with van der Waals surface area (Å²) in [6.45, 7) is 3.91. The minimum absolute atomic E-state index is 0.0655. The van der Waals surface area contributed by atoms with Gasteiger partial charge < -0.3 is 10.5 Å². The van der Waals surface area contributed by atoms with E-state index in [0.717, 1.165) is 5.56 Å². The summed E-state index contributed by atoms with van der Waals surface area (Å²) in [7, 11) is 0. The summed E-state index contributed by atoms with van der Waals surface area (Å²) >= 11 is 0. The molecule has 1 aliphatic carbocycles. The predicted molar refractivity (Wildman–Crippen MR) is 61.5 cm³/mol. The van der Waals surface area contributed by atoms with Gasteiger partial charge in [0.2, 0.25) is 0 Å². The SMILES string of the molecule is C=C[C@H]1C[C@@]1(N)C(=O)OCc1ccccc1. The molecule has 1 saturated carbocycles. The second-order valence-corrected chi connectivity index (χ2v) is 4.15. The quantitative estimate of drug-likeness (QED) is 0.616. The zero-order valence-electron chi connectivity index (χ0n) is 9.06. The topological polar surface area (TPSA) is 52.3 Å². The van der Waals surface area contributed by atoms with E-state index in [1.54, 1.807) is 6.08 Å². The number of ether oxygens (including phenoxy) is 1. The molecule has 2 atom stereocenters. The third kappa shape index (κ3) is 1.99. The van der Waals surface area contributed by atoms with E-state index < -0.39 is 5.54 Å². The Morgan fingerprint density at radius 3 is 2.81 bits per heavy atom. The third-order valence-electron chi connectivity index (χ3n) is 2.94. The summed E-state index contributed by atoms with van der Waals surface area (Å²) in [4.78, 5) is 11.7. The van der Waals surface area contributed by atoms with Crippen LogP contribution in [0.2, 0.25) is 0 Å². The molecule has 1 aliphatic rings. The Morgan fingerprint density at radius 1 is 1.56 bits per heavy atom. The molecular weight excluding hydrogens is 202 g/mol. The van der Waals surface area contributed by atoms with Crippen LogP contribution in [0.1, 0.15) is 12.0 Å². The fraction of sp³-hybridized carbons (Fsp3) is 0.308. The fourth-order valence-corrected chi connectivity index (χ4v) is 1.69. The maximum atomic E-state index is 11.7. The van der Waals surface area contributed by atoms with Gasteiger partial charge in [0.1, 0.15) is 12.1 Å². The molecule has 0 saturated heterocycles. The first-order chi connectivity index (χ1) is 7.66. The van der Waals surface area contributed by atoms with Crippen LogP contribution in [0.15, 0.2) is 43.0 Å². The molecule has 2 N–H and O–H groups in total. The van der Waals surface area contributed by atoms with Crippen LogP contribution in [0.25, 0.3) is 0 Å². The molecular formula is C13H15NO2. The highest BCUT2D eigenvalue weighted by atomic mass is 16.5. The predicted octanol–water partition coefficient (Wildman–Crippen LogP) is 1.63. The lowest BCUT2D eigenvalue weighted by atomic mass is 10.2. The normalized spacial score (nSPS) is 27.2. The van der Waals surface area contributed by atoms with E-state index in [4.69, 9.17) is 10.5 Å². The number of nitrogens with two attached hydrogens (primary N) is 1. The minimum Gasteiger partial charge on any atom is -0.459 e. The van der Waals surface area contributed by atoms with E-state index >= 15 is 0 Å². The van der Waals surface area contributed by atoms with Gasteiger partial charge in [-0.05, 0) is 12.0 Å².